The van der Waals surface area contributed by atoms with Gasteiger partial charge in [0.25, 0.3) is 0 Å². The lowest BCUT2D eigenvalue weighted by molar-refractivity contribution is -0.136. The number of carboxylic acid groups (broad SMARTS) is 1. The Morgan fingerprint density at radius 1 is 1.35 bits per heavy atom. The van der Waals surface area contributed by atoms with E-state index < -0.39 is 5.97 Å². The molecule has 1 N–H and O–H groups in total. The molecule has 0 fully saturated rings. The van der Waals surface area contributed by atoms with Crippen molar-refractivity contribution in [3.05, 3.63) is 45.9 Å². The molecule has 0 unspecified atom stereocenters. The molecule has 0 aliphatic carbocycles. The van der Waals surface area contributed by atoms with Gasteiger partial charge in [0.2, 0.25) is 0 Å². The number of hydrogen-bond acceptors (Lipinski definition) is 4. The van der Waals surface area contributed by atoms with Crippen LogP contribution in [0.1, 0.15) is 29.6 Å². The van der Waals surface area contributed by atoms with Crippen LogP contribution in [-0.4, -0.2) is 16.1 Å². The molecule has 1 aromatic carbocycles. The van der Waals surface area contributed by atoms with E-state index in [9.17, 15) is 4.79 Å². The summed E-state index contributed by atoms with van der Waals surface area (Å²) in [6.07, 6.45) is 2.17. The third kappa shape index (κ3) is 4.35. The van der Waals surface area contributed by atoms with E-state index in [1.807, 2.05) is 12.1 Å². The Kier molecular flexibility index (Phi) is 5.12. The van der Waals surface area contributed by atoms with Crippen molar-refractivity contribution in [2.75, 3.05) is 0 Å². The van der Waals surface area contributed by atoms with Crippen LogP contribution in [-0.2, 0) is 24.2 Å². The predicted molar refractivity (Wildman–Crippen MR) is 78.2 cm³/mol. The first-order valence-corrected chi connectivity index (χ1v) is 7.42. The number of nitrogens with zero attached hydrogens (tertiary/aromatic N) is 1. The minimum atomic E-state index is -0.866. The summed E-state index contributed by atoms with van der Waals surface area (Å²) in [7, 11) is 0. The molecule has 2 aromatic rings. The van der Waals surface area contributed by atoms with Crippen LogP contribution in [0.3, 0.4) is 0 Å². The molecule has 0 aliphatic heterocycles. The second kappa shape index (κ2) is 7.05. The first kappa shape index (κ1) is 14.5. The fraction of sp³-hybridized carbons (Fsp3) is 0.333. The Labute approximate surface area is 122 Å². The van der Waals surface area contributed by atoms with Gasteiger partial charge in [0.1, 0.15) is 17.4 Å². The molecule has 1 aromatic heterocycles. The molecule has 0 amide bonds. The summed E-state index contributed by atoms with van der Waals surface area (Å²) in [4.78, 5) is 14.8. The fourth-order valence-electron chi connectivity index (χ4n) is 1.84. The Morgan fingerprint density at radius 2 is 2.10 bits per heavy atom. The standard InChI is InChI=1S/C15H17NO3S/c1-2-3-11-4-6-13(7-5-11)19-9-14-16-12(10-20-14)8-15(17)18/h4-7,10H,2-3,8-9H2,1H3,(H,17,18). The topological polar surface area (TPSA) is 59.4 Å². The van der Waals surface area contributed by atoms with E-state index in [1.165, 1.54) is 16.9 Å². The van der Waals surface area contributed by atoms with Gasteiger partial charge >= 0.3 is 5.97 Å². The number of thiazole rings is 1. The quantitative estimate of drug-likeness (QED) is 0.850. The highest BCUT2D eigenvalue weighted by Gasteiger charge is 2.06. The molecule has 0 saturated carbocycles. The van der Waals surface area contributed by atoms with Crippen molar-refractivity contribution in [1.29, 1.82) is 0 Å². The van der Waals surface area contributed by atoms with Crippen LogP contribution in [0.2, 0.25) is 0 Å². The molecule has 1 heterocycles. The van der Waals surface area contributed by atoms with Gasteiger partial charge in [0.05, 0.1) is 12.1 Å². The van der Waals surface area contributed by atoms with E-state index in [0.29, 0.717) is 12.3 Å². The lowest BCUT2D eigenvalue weighted by Crippen LogP contribution is -2.01. The second-order valence-corrected chi connectivity index (χ2v) is 5.43. The van der Waals surface area contributed by atoms with E-state index in [2.05, 4.69) is 24.0 Å². The average Bonchev–Trinajstić information content (AvgIpc) is 2.85. The lowest BCUT2D eigenvalue weighted by atomic mass is 10.1. The summed E-state index contributed by atoms with van der Waals surface area (Å²) < 4.78 is 5.64. The van der Waals surface area contributed by atoms with Gasteiger partial charge in [0.15, 0.2) is 0 Å². The number of aromatic nitrogens is 1. The molecule has 0 spiro atoms. The van der Waals surface area contributed by atoms with Crippen LogP contribution in [0.25, 0.3) is 0 Å². The monoisotopic (exact) mass is 291 g/mol. The number of hydrogen-bond donors (Lipinski definition) is 1. The fourth-order valence-corrected chi connectivity index (χ4v) is 2.54. The molecule has 0 saturated heterocycles. The largest absolute Gasteiger partial charge is 0.486 e. The molecular formula is C15H17NO3S. The van der Waals surface area contributed by atoms with E-state index in [4.69, 9.17) is 9.84 Å². The highest BCUT2D eigenvalue weighted by molar-refractivity contribution is 7.09. The number of aryl methyl sites for hydroxylation is 1. The van der Waals surface area contributed by atoms with Gasteiger partial charge in [-0.1, -0.05) is 25.5 Å². The minimum absolute atomic E-state index is 0.0395. The van der Waals surface area contributed by atoms with Crippen molar-refractivity contribution in [3.8, 4) is 5.75 Å². The van der Waals surface area contributed by atoms with Gasteiger partial charge in [0, 0.05) is 5.38 Å². The maximum Gasteiger partial charge on any atom is 0.309 e. The molecule has 20 heavy (non-hydrogen) atoms. The summed E-state index contributed by atoms with van der Waals surface area (Å²) in [6.45, 7) is 2.53. The van der Waals surface area contributed by atoms with E-state index >= 15 is 0 Å². The molecule has 0 atom stereocenters. The summed E-state index contributed by atoms with van der Waals surface area (Å²) in [5.74, 6) is -0.0610. The number of carboxylic acids is 1. The number of benzene rings is 1. The SMILES string of the molecule is CCCc1ccc(OCc2nc(CC(=O)O)cs2)cc1. The van der Waals surface area contributed by atoms with Crippen LogP contribution in [0.5, 0.6) is 5.75 Å². The Hall–Kier alpha value is -1.88. The van der Waals surface area contributed by atoms with Crippen molar-refractivity contribution < 1.29 is 14.6 Å². The predicted octanol–water partition coefficient (Wildman–Crippen LogP) is 3.30. The Morgan fingerprint density at radius 3 is 2.75 bits per heavy atom. The maximum atomic E-state index is 10.6. The zero-order chi connectivity index (χ0) is 14.4. The second-order valence-electron chi connectivity index (χ2n) is 4.49. The van der Waals surface area contributed by atoms with E-state index in [0.717, 1.165) is 23.6 Å². The van der Waals surface area contributed by atoms with Crippen molar-refractivity contribution in [2.24, 2.45) is 0 Å². The Balaban J connectivity index is 1.88. The van der Waals surface area contributed by atoms with Gasteiger partial charge in [-0.15, -0.1) is 11.3 Å². The molecule has 0 aliphatic rings. The van der Waals surface area contributed by atoms with Gasteiger partial charge in [-0.3, -0.25) is 4.79 Å². The smallest absolute Gasteiger partial charge is 0.309 e. The lowest BCUT2D eigenvalue weighted by Gasteiger charge is -2.05. The zero-order valence-corrected chi connectivity index (χ0v) is 12.2. The molecule has 5 heteroatoms. The van der Waals surface area contributed by atoms with Crippen LogP contribution < -0.4 is 4.74 Å². The van der Waals surface area contributed by atoms with Gasteiger partial charge in [-0.25, -0.2) is 4.98 Å². The van der Waals surface area contributed by atoms with Crippen LogP contribution in [0.15, 0.2) is 29.6 Å². The van der Waals surface area contributed by atoms with Crippen molar-refractivity contribution in [3.63, 3.8) is 0 Å². The van der Waals surface area contributed by atoms with E-state index in [1.54, 1.807) is 5.38 Å². The first-order valence-electron chi connectivity index (χ1n) is 6.54. The normalized spacial score (nSPS) is 10.4. The summed E-state index contributed by atoms with van der Waals surface area (Å²) in [6, 6.07) is 8.04. The summed E-state index contributed by atoms with van der Waals surface area (Å²) in [5, 5.41) is 11.2. The van der Waals surface area contributed by atoms with Crippen molar-refractivity contribution in [1.82, 2.24) is 4.98 Å². The number of aliphatic carboxylic acids is 1. The highest BCUT2D eigenvalue weighted by Crippen LogP contribution is 2.17. The first-order chi connectivity index (χ1) is 9.67. The Bertz CT molecular complexity index is 563. The van der Waals surface area contributed by atoms with Crippen LogP contribution >= 0.6 is 11.3 Å². The summed E-state index contributed by atoms with van der Waals surface area (Å²) >= 11 is 1.42. The summed E-state index contributed by atoms with van der Waals surface area (Å²) in [5.41, 5.74) is 1.89. The maximum absolute atomic E-state index is 10.6. The minimum Gasteiger partial charge on any atom is -0.486 e. The number of rotatable bonds is 7. The van der Waals surface area contributed by atoms with Crippen LogP contribution in [0, 0.1) is 0 Å². The third-order valence-corrected chi connectivity index (χ3v) is 3.63. The molecule has 0 radical (unpaired) electrons. The van der Waals surface area contributed by atoms with Crippen molar-refractivity contribution >= 4 is 17.3 Å². The number of ether oxygens (including phenoxy) is 1. The van der Waals surface area contributed by atoms with Crippen molar-refractivity contribution in [2.45, 2.75) is 32.8 Å². The molecule has 106 valence electrons. The van der Waals surface area contributed by atoms with Crippen LogP contribution in [0.4, 0.5) is 0 Å². The highest BCUT2D eigenvalue weighted by atomic mass is 32.1. The zero-order valence-electron chi connectivity index (χ0n) is 11.3. The molecular weight excluding hydrogens is 274 g/mol. The molecule has 4 nitrogen and oxygen atoms in total. The van der Waals surface area contributed by atoms with Gasteiger partial charge in [-0.05, 0) is 24.1 Å². The molecule has 0 bridgehead atoms. The number of carbonyl (C=O) groups is 1. The van der Waals surface area contributed by atoms with E-state index in [-0.39, 0.29) is 6.42 Å². The van der Waals surface area contributed by atoms with Gasteiger partial charge < -0.3 is 9.84 Å². The third-order valence-electron chi connectivity index (χ3n) is 2.76. The molecule has 2 rings (SSSR count). The van der Waals surface area contributed by atoms with Gasteiger partial charge in [-0.2, -0.15) is 0 Å². The average molecular weight is 291 g/mol.